The highest BCUT2D eigenvalue weighted by Gasteiger charge is 2.06. The number of hydrogen-bond acceptors (Lipinski definition) is 2. The van der Waals surface area contributed by atoms with E-state index in [4.69, 9.17) is 0 Å². The van der Waals surface area contributed by atoms with Crippen LogP contribution in [0.5, 0.6) is 0 Å². The van der Waals surface area contributed by atoms with Gasteiger partial charge in [0.15, 0.2) is 5.78 Å². The molecule has 1 heterocycles. The Bertz CT molecular complexity index is 313. The highest BCUT2D eigenvalue weighted by atomic mass is 16.1. The highest BCUT2D eigenvalue weighted by Crippen LogP contribution is 2.03. The maximum absolute atomic E-state index is 11.3. The number of carbonyl (C=O) groups excluding carboxylic acids is 1. The van der Waals surface area contributed by atoms with Crippen LogP contribution >= 0.6 is 0 Å². The summed E-state index contributed by atoms with van der Waals surface area (Å²) >= 11 is 0. The lowest BCUT2D eigenvalue weighted by molar-refractivity contribution is 0.100. The summed E-state index contributed by atoms with van der Waals surface area (Å²) in [7, 11) is 0. The van der Waals surface area contributed by atoms with Crippen LogP contribution in [0.15, 0.2) is 18.3 Å². The van der Waals surface area contributed by atoms with Gasteiger partial charge in [0.1, 0.15) is 0 Å². The van der Waals surface area contributed by atoms with Gasteiger partial charge in [-0.15, -0.1) is 0 Å². The molecule has 84 valence electrons. The van der Waals surface area contributed by atoms with Gasteiger partial charge in [-0.1, -0.05) is 13.8 Å². The van der Waals surface area contributed by atoms with E-state index in [2.05, 4.69) is 18.7 Å². The lowest BCUT2D eigenvalue weighted by Crippen LogP contribution is -2.27. The predicted molar refractivity (Wildman–Crippen MR) is 62.2 cm³/mol. The van der Waals surface area contributed by atoms with E-state index < -0.39 is 0 Å². The zero-order valence-corrected chi connectivity index (χ0v) is 9.86. The number of ketones is 1. The van der Waals surface area contributed by atoms with Crippen molar-refractivity contribution in [3.63, 3.8) is 0 Å². The molecule has 0 saturated heterocycles. The van der Waals surface area contributed by atoms with E-state index in [0.717, 1.165) is 31.9 Å². The Morgan fingerprint density at radius 3 is 2.60 bits per heavy atom. The summed E-state index contributed by atoms with van der Waals surface area (Å²) in [6.45, 7) is 9.95. The van der Waals surface area contributed by atoms with Gasteiger partial charge in [-0.25, -0.2) is 0 Å². The van der Waals surface area contributed by atoms with Crippen LogP contribution in [-0.2, 0) is 6.54 Å². The van der Waals surface area contributed by atoms with Crippen LogP contribution in [0.25, 0.3) is 0 Å². The molecule has 0 fully saturated rings. The van der Waals surface area contributed by atoms with Crippen molar-refractivity contribution in [2.75, 3.05) is 19.6 Å². The minimum absolute atomic E-state index is 0.138. The van der Waals surface area contributed by atoms with Crippen molar-refractivity contribution >= 4 is 5.78 Å². The molecule has 0 unspecified atom stereocenters. The molecule has 0 aliphatic carbocycles. The van der Waals surface area contributed by atoms with Crippen molar-refractivity contribution in [2.24, 2.45) is 0 Å². The molecule has 1 aromatic heterocycles. The first-order valence-electron chi connectivity index (χ1n) is 5.57. The lowest BCUT2D eigenvalue weighted by atomic mass is 10.3. The van der Waals surface area contributed by atoms with Gasteiger partial charge in [0.2, 0.25) is 0 Å². The zero-order chi connectivity index (χ0) is 11.3. The Hall–Kier alpha value is -1.09. The molecule has 15 heavy (non-hydrogen) atoms. The van der Waals surface area contributed by atoms with E-state index in [1.54, 1.807) is 6.92 Å². The Balaban J connectivity index is 2.57. The summed E-state index contributed by atoms with van der Waals surface area (Å²) in [5, 5.41) is 0. The maximum atomic E-state index is 11.3. The summed E-state index contributed by atoms with van der Waals surface area (Å²) in [4.78, 5) is 13.6. The van der Waals surface area contributed by atoms with Crippen molar-refractivity contribution in [3.05, 3.63) is 24.0 Å². The normalized spacial score (nSPS) is 10.9. The number of hydrogen-bond donors (Lipinski definition) is 0. The number of nitrogens with zero attached hydrogens (tertiary/aromatic N) is 2. The highest BCUT2D eigenvalue weighted by molar-refractivity contribution is 5.92. The van der Waals surface area contributed by atoms with Crippen LogP contribution in [0.1, 0.15) is 31.3 Å². The van der Waals surface area contributed by atoms with Crippen molar-refractivity contribution in [1.82, 2.24) is 9.47 Å². The third-order valence-corrected chi connectivity index (χ3v) is 2.74. The molecule has 3 nitrogen and oxygen atoms in total. The summed E-state index contributed by atoms with van der Waals surface area (Å²) in [5.41, 5.74) is 0.808. The fraction of sp³-hybridized carbons (Fsp3) is 0.583. The molecule has 1 aromatic rings. The molecule has 3 heteroatoms. The van der Waals surface area contributed by atoms with Crippen molar-refractivity contribution < 1.29 is 4.79 Å². The van der Waals surface area contributed by atoms with E-state index in [1.165, 1.54) is 0 Å². The molecule has 0 atom stereocenters. The minimum Gasteiger partial charge on any atom is -0.344 e. The molecule has 0 radical (unpaired) electrons. The van der Waals surface area contributed by atoms with Gasteiger partial charge < -0.3 is 9.47 Å². The summed E-state index contributed by atoms with van der Waals surface area (Å²) in [5.74, 6) is 0.138. The predicted octanol–water partition coefficient (Wildman–Crippen LogP) is 2.03. The van der Waals surface area contributed by atoms with Crippen molar-refractivity contribution in [2.45, 2.75) is 27.3 Å². The molecule has 0 aromatic carbocycles. The van der Waals surface area contributed by atoms with Crippen LogP contribution in [-0.4, -0.2) is 34.9 Å². The van der Waals surface area contributed by atoms with E-state index >= 15 is 0 Å². The van der Waals surface area contributed by atoms with Gasteiger partial charge >= 0.3 is 0 Å². The summed E-state index contributed by atoms with van der Waals surface area (Å²) < 4.78 is 2.03. The van der Waals surface area contributed by atoms with Crippen molar-refractivity contribution in [1.29, 1.82) is 0 Å². The third-order valence-electron chi connectivity index (χ3n) is 2.74. The molecular weight excluding hydrogens is 188 g/mol. The second-order valence-electron chi connectivity index (χ2n) is 3.67. The van der Waals surface area contributed by atoms with Gasteiger partial charge in [-0.2, -0.15) is 0 Å². The number of rotatable bonds is 6. The minimum atomic E-state index is 0.138. The van der Waals surface area contributed by atoms with Crippen LogP contribution < -0.4 is 0 Å². The van der Waals surface area contributed by atoms with Crippen LogP contribution in [0.4, 0.5) is 0 Å². The van der Waals surface area contributed by atoms with Gasteiger partial charge in [0, 0.05) is 26.2 Å². The maximum Gasteiger partial charge on any atom is 0.176 e. The first kappa shape index (κ1) is 12.0. The van der Waals surface area contributed by atoms with E-state index in [1.807, 2.05) is 22.9 Å². The van der Waals surface area contributed by atoms with E-state index in [0.29, 0.717) is 0 Å². The standard InChI is InChI=1S/C12H20N2O/c1-4-13(5-2)9-10-14-8-6-7-12(14)11(3)15/h6-8H,4-5,9-10H2,1-3H3. The van der Waals surface area contributed by atoms with Crippen LogP contribution in [0, 0.1) is 0 Å². The molecule has 0 aliphatic rings. The molecule has 0 aliphatic heterocycles. The zero-order valence-electron chi connectivity index (χ0n) is 9.86. The Labute approximate surface area is 91.7 Å². The number of aromatic nitrogens is 1. The smallest absolute Gasteiger partial charge is 0.176 e. The van der Waals surface area contributed by atoms with Gasteiger partial charge in [0.25, 0.3) is 0 Å². The first-order valence-corrected chi connectivity index (χ1v) is 5.57. The summed E-state index contributed by atoms with van der Waals surface area (Å²) in [6, 6.07) is 3.81. The Morgan fingerprint density at radius 1 is 1.40 bits per heavy atom. The average molecular weight is 208 g/mol. The third kappa shape index (κ3) is 3.20. The fourth-order valence-corrected chi connectivity index (χ4v) is 1.72. The second-order valence-corrected chi connectivity index (χ2v) is 3.67. The molecule has 0 amide bonds. The Morgan fingerprint density at radius 2 is 2.07 bits per heavy atom. The number of carbonyl (C=O) groups is 1. The molecule has 1 rings (SSSR count). The average Bonchev–Trinajstić information content (AvgIpc) is 2.67. The van der Waals surface area contributed by atoms with E-state index in [9.17, 15) is 4.79 Å². The van der Waals surface area contributed by atoms with Gasteiger partial charge in [0.05, 0.1) is 5.69 Å². The first-order chi connectivity index (χ1) is 7.19. The number of Topliss-reactive ketones (excluding diaryl/α,β-unsaturated/α-hetero) is 1. The quantitative estimate of drug-likeness (QED) is 0.668. The fourth-order valence-electron chi connectivity index (χ4n) is 1.72. The molecule has 0 saturated carbocycles. The molecule has 0 spiro atoms. The molecular formula is C12H20N2O. The molecule has 0 N–H and O–H groups in total. The van der Waals surface area contributed by atoms with Crippen molar-refractivity contribution in [3.8, 4) is 0 Å². The Kier molecular flexibility index (Phi) is 4.56. The second kappa shape index (κ2) is 5.71. The van der Waals surface area contributed by atoms with Gasteiger partial charge in [-0.3, -0.25) is 4.79 Å². The van der Waals surface area contributed by atoms with Crippen LogP contribution in [0.3, 0.4) is 0 Å². The molecule has 0 bridgehead atoms. The van der Waals surface area contributed by atoms with Crippen LogP contribution in [0.2, 0.25) is 0 Å². The van der Waals surface area contributed by atoms with E-state index in [-0.39, 0.29) is 5.78 Å². The lowest BCUT2D eigenvalue weighted by Gasteiger charge is -2.18. The summed E-state index contributed by atoms with van der Waals surface area (Å²) in [6.07, 6.45) is 1.97. The SMILES string of the molecule is CCN(CC)CCn1cccc1C(C)=O. The van der Waals surface area contributed by atoms with Gasteiger partial charge in [-0.05, 0) is 25.2 Å². The largest absolute Gasteiger partial charge is 0.344 e. The number of likely N-dealkylation sites (N-methyl/N-ethyl adjacent to an activating group) is 1. The topological polar surface area (TPSA) is 25.2 Å². The monoisotopic (exact) mass is 208 g/mol.